The van der Waals surface area contributed by atoms with Gasteiger partial charge in [0.05, 0.1) is 34.4 Å². The number of fused-ring (bicyclic) bond motifs is 2. The van der Waals surface area contributed by atoms with E-state index in [1.807, 2.05) is 48.0 Å². The van der Waals surface area contributed by atoms with E-state index in [-0.39, 0.29) is 12.5 Å². The number of hydrogen-bond donors (Lipinski definition) is 1. The van der Waals surface area contributed by atoms with E-state index < -0.39 is 5.60 Å². The summed E-state index contributed by atoms with van der Waals surface area (Å²) in [6.07, 6.45) is 5.85. The lowest BCUT2D eigenvalue weighted by atomic mass is 9.91. The third-order valence-electron chi connectivity index (χ3n) is 6.83. The Hall–Kier alpha value is -3.23. The number of aromatic nitrogens is 4. The third-order valence-corrected chi connectivity index (χ3v) is 7.06. The van der Waals surface area contributed by atoms with Crippen LogP contribution in [0, 0.1) is 0 Å². The van der Waals surface area contributed by atoms with Crippen LogP contribution in [0.2, 0.25) is 5.02 Å². The minimum absolute atomic E-state index is 0.0170. The van der Waals surface area contributed by atoms with Crippen molar-refractivity contribution < 1.29 is 9.90 Å². The number of anilines is 1. The van der Waals surface area contributed by atoms with Crippen molar-refractivity contribution in [2.45, 2.75) is 31.3 Å². The highest BCUT2D eigenvalue weighted by Gasteiger charge is 2.36. The van der Waals surface area contributed by atoms with Crippen LogP contribution in [0.3, 0.4) is 0 Å². The van der Waals surface area contributed by atoms with E-state index in [1.54, 1.807) is 24.3 Å². The molecule has 182 valence electrons. The van der Waals surface area contributed by atoms with Crippen molar-refractivity contribution in [3.05, 3.63) is 59.6 Å². The van der Waals surface area contributed by atoms with Gasteiger partial charge in [-0.05, 0) is 49.2 Å². The Labute approximate surface area is 209 Å². The first kappa shape index (κ1) is 23.5. The predicted octanol–water partition coefficient (Wildman–Crippen LogP) is 3.59. The predicted molar refractivity (Wildman–Crippen MR) is 138 cm³/mol. The highest BCUT2D eigenvalue weighted by atomic mass is 35.5. The normalized spacial score (nSPS) is 18.3. The molecule has 1 aromatic carbocycles. The Morgan fingerprint density at radius 2 is 2.06 bits per heavy atom. The molecule has 8 nitrogen and oxygen atoms in total. The van der Waals surface area contributed by atoms with Gasteiger partial charge in [-0.1, -0.05) is 11.6 Å². The minimum Gasteiger partial charge on any atom is -0.386 e. The number of nitrogens with zero attached hydrogens (tertiary/aromatic N) is 6. The molecule has 0 spiro atoms. The molecule has 3 aromatic heterocycles. The van der Waals surface area contributed by atoms with Crippen molar-refractivity contribution in [2.75, 3.05) is 31.6 Å². The zero-order valence-corrected chi connectivity index (χ0v) is 20.7. The number of carbonyl (C=O) groups is 1. The molecule has 1 N–H and O–H groups in total. The number of β-amino-alcohol motifs (C(OH)–C–C–N with tert-alkyl or cyclic N) is 1. The molecule has 1 aliphatic heterocycles. The van der Waals surface area contributed by atoms with Crippen LogP contribution in [0.4, 0.5) is 5.69 Å². The van der Waals surface area contributed by atoms with Gasteiger partial charge in [0.2, 0.25) is 5.91 Å². The van der Waals surface area contributed by atoms with Gasteiger partial charge in [0.25, 0.3) is 0 Å². The molecule has 1 saturated heterocycles. The van der Waals surface area contributed by atoms with E-state index >= 15 is 0 Å². The molecule has 5 rings (SSSR count). The Morgan fingerprint density at radius 3 is 2.91 bits per heavy atom. The van der Waals surface area contributed by atoms with Crippen molar-refractivity contribution in [1.29, 1.82) is 0 Å². The van der Waals surface area contributed by atoms with E-state index in [0.29, 0.717) is 30.8 Å². The first-order valence-electron chi connectivity index (χ1n) is 11.8. The first-order valence-corrected chi connectivity index (χ1v) is 12.2. The van der Waals surface area contributed by atoms with Crippen LogP contribution in [0.5, 0.6) is 0 Å². The van der Waals surface area contributed by atoms with Crippen molar-refractivity contribution >= 4 is 45.3 Å². The zero-order valence-electron chi connectivity index (χ0n) is 20.0. The number of likely N-dealkylation sites (N-methyl/N-ethyl adjacent to an activating group) is 1. The zero-order chi connectivity index (χ0) is 24.6. The fraction of sp³-hybridized carbons (Fsp3) is 0.385. The Balaban J connectivity index is 1.24. The van der Waals surface area contributed by atoms with Gasteiger partial charge in [0, 0.05) is 57.4 Å². The number of amides is 1. The molecule has 35 heavy (non-hydrogen) atoms. The molecule has 0 radical (unpaired) electrons. The molecule has 1 aliphatic rings. The number of aryl methyl sites for hydroxylation is 2. The second-order valence-corrected chi connectivity index (χ2v) is 9.86. The summed E-state index contributed by atoms with van der Waals surface area (Å²) in [5, 5.41) is 12.1. The highest BCUT2D eigenvalue weighted by Crippen LogP contribution is 2.30. The van der Waals surface area contributed by atoms with E-state index in [4.69, 9.17) is 11.6 Å². The molecule has 0 unspecified atom stereocenters. The van der Waals surface area contributed by atoms with E-state index in [9.17, 15) is 9.90 Å². The van der Waals surface area contributed by atoms with Crippen LogP contribution < -0.4 is 4.90 Å². The minimum atomic E-state index is -0.998. The second-order valence-electron chi connectivity index (χ2n) is 9.42. The van der Waals surface area contributed by atoms with E-state index in [1.165, 1.54) is 0 Å². The molecule has 1 fully saturated rings. The number of piperidine rings is 1. The van der Waals surface area contributed by atoms with Gasteiger partial charge in [-0.25, -0.2) is 4.98 Å². The molecular weight excluding hydrogens is 464 g/mol. The van der Waals surface area contributed by atoms with Crippen molar-refractivity contribution in [2.24, 2.45) is 7.05 Å². The molecule has 4 heterocycles. The molecule has 0 bridgehead atoms. The number of rotatable bonds is 6. The molecule has 1 atom stereocenters. The largest absolute Gasteiger partial charge is 0.386 e. The van der Waals surface area contributed by atoms with Crippen LogP contribution in [-0.4, -0.2) is 67.7 Å². The monoisotopic (exact) mass is 492 g/mol. The van der Waals surface area contributed by atoms with E-state index in [0.717, 1.165) is 46.5 Å². The number of benzene rings is 1. The lowest BCUT2D eigenvalue weighted by Crippen LogP contribution is -2.54. The second kappa shape index (κ2) is 9.43. The van der Waals surface area contributed by atoms with Crippen LogP contribution in [0.25, 0.3) is 22.1 Å². The third kappa shape index (κ3) is 4.81. The maximum Gasteiger partial charge on any atom is 0.222 e. The number of carbonyl (C=O) groups excluding carboxylic acids is 1. The summed E-state index contributed by atoms with van der Waals surface area (Å²) in [6.45, 7) is 1.54. The Morgan fingerprint density at radius 1 is 1.20 bits per heavy atom. The van der Waals surface area contributed by atoms with Crippen molar-refractivity contribution in [3.8, 4) is 0 Å². The van der Waals surface area contributed by atoms with Gasteiger partial charge in [-0.15, -0.1) is 0 Å². The Bertz CT molecular complexity index is 1380. The van der Waals surface area contributed by atoms with Crippen LogP contribution >= 0.6 is 11.6 Å². The number of halogens is 1. The standard InChI is InChI=1S/C26H29ClN6O2/c1-31(24(34)9-8-23-30-20-15-18(27)6-7-21(20)32(23)2)16-26(35)11-4-14-33(17-26)22-10-13-28-19-5-3-12-29-25(19)22/h3,5-7,10,12-13,15,35H,4,8-9,11,14,16-17H2,1-2H3/t26-/m0/s1. The summed E-state index contributed by atoms with van der Waals surface area (Å²) < 4.78 is 2.00. The van der Waals surface area contributed by atoms with Gasteiger partial charge >= 0.3 is 0 Å². The van der Waals surface area contributed by atoms with E-state index in [2.05, 4.69) is 19.9 Å². The average Bonchev–Trinajstić information content (AvgIpc) is 3.16. The fourth-order valence-electron chi connectivity index (χ4n) is 5.05. The Kier molecular flexibility index (Phi) is 6.34. The number of imidazole rings is 1. The molecule has 9 heteroatoms. The SMILES string of the molecule is CN(C[C@@]1(O)CCCN(c2ccnc3cccnc23)C1)C(=O)CCc1nc2cc(Cl)ccc2n1C. The van der Waals surface area contributed by atoms with Gasteiger partial charge < -0.3 is 19.5 Å². The highest BCUT2D eigenvalue weighted by molar-refractivity contribution is 6.31. The maximum atomic E-state index is 13.0. The summed E-state index contributed by atoms with van der Waals surface area (Å²) in [6, 6.07) is 11.4. The van der Waals surface area contributed by atoms with Crippen LogP contribution in [0.15, 0.2) is 48.8 Å². The first-order chi connectivity index (χ1) is 16.8. The van der Waals surface area contributed by atoms with Crippen LogP contribution in [0.1, 0.15) is 25.1 Å². The topological polar surface area (TPSA) is 87.4 Å². The maximum absolute atomic E-state index is 13.0. The number of pyridine rings is 2. The summed E-state index contributed by atoms with van der Waals surface area (Å²) in [4.78, 5) is 30.3. The van der Waals surface area contributed by atoms with Crippen LogP contribution in [-0.2, 0) is 18.3 Å². The molecule has 0 saturated carbocycles. The van der Waals surface area contributed by atoms with Gasteiger partial charge in [-0.3, -0.25) is 14.8 Å². The quantitative estimate of drug-likeness (QED) is 0.442. The number of aliphatic hydroxyl groups is 1. The molecular formula is C26H29ClN6O2. The lowest BCUT2D eigenvalue weighted by Gasteiger charge is -2.42. The fourth-order valence-corrected chi connectivity index (χ4v) is 5.22. The molecule has 4 aromatic rings. The molecule has 1 amide bonds. The van der Waals surface area contributed by atoms with Crippen molar-refractivity contribution in [1.82, 2.24) is 24.4 Å². The number of hydrogen-bond acceptors (Lipinski definition) is 6. The van der Waals surface area contributed by atoms with Crippen molar-refractivity contribution in [3.63, 3.8) is 0 Å². The van der Waals surface area contributed by atoms with Gasteiger partial charge in [0.1, 0.15) is 11.3 Å². The van der Waals surface area contributed by atoms with Gasteiger partial charge in [0.15, 0.2) is 0 Å². The summed E-state index contributed by atoms with van der Waals surface area (Å²) >= 11 is 6.09. The van der Waals surface area contributed by atoms with Gasteiger partial charge in [-0.2, -0.15) is 0 Å². The molecule has 0 aliphatic carbocycles. The smallest absolute Gasteiger partial charge is 0.222 e. The summed E-state index contributed by atoms with van der Waals surface area (Å²) in [5.74, 6) is 0.820. The lowest BCUT2D eigenvalue weighted by molar-refractivity contribution is -0.133. The summed E-state index contributed by atoms with van der Waals surface area (Å²) in [7, 11) is 3.71. The average molecular weight is 493 g/mol. The summed E-state index contributed by atoms with van der Waals surface area (Å²) in [5.41, 5.74) is 3.43.